The molecule has 1 atom stereocenters. The van der Waals surface area contributed by atoms with Crippen LogP contribution in [0.25, 0.3) is 0 Å². The molecule has 0 amide bonds. The highest BCUT2D eigenvalue weighted by Gasteiger charge is 2.20. The van der Waals surface area contributed by atoms with Crippen LogP contribution in [0.5, 0.6) is 0 Å². The van der Waals surface area contributed by atoms with Crippen LogP contribution in [-0.2, 0) is 11.2 Å². The Morgan fingerprint density at radius 2 is 2.18 bits per heavy atom. The van der Waals surface area contributed by atoms with E-state index in [9.17, 15) is 0 Å². The lowest BCUT2D eigenvalue weighted by Gasteiger charge is -2.24. The smallest absolute Gasteiger partial charge is 0.111 e. The molecule has 1 aromatic rings. The summed E-state index contributed by atoms with van der Waals surface area (Å²) in [5.74, 6) is 0. The third-order valence-electron chi connectivity index (χ3n) is 2.94. The average Bonchev–Trinajstić information content (AvgIpc) is 2.40. The number of ether oxygens (including phenoxy) is 1. The molecule has 17 heavy (non-hydrogen) atoms. The Morgan fingerprint density at radius 1 is 1.35 bits per heavy atom. The average molecular weight is 234 g/mol. The lowest BCUT2D eigenvalue weighted by molar-refractivity contribution is 0.0911. The third kappa shape index (κ3) is 3.54. The lowest BCUT2D eigenvalue weighted by Crippen LogP contribution is -2.43. The van der Waals surface area contributed by atoms with Gasteiger partial charge in [-0.15, -0.1) is 0 Å². The SMILES string of the molecule is ON=C1CCNCC1OCCc1ccccc1. The molecule has 0 radical (unpaired) electrons. The van der Waals surface area contributed by atoms with Gasteiger partial charge in [0.25, 0.3) is 0 Å². The predicted molar refractivity (Wildman–Crippen MR) is 66.6 cm³/mol. The molecule has 0 bridgehead atoms. The van der Waals surface area contributed by atoms with E-state index in [-0.39, 0.29) is 6.10 Å². The summed E-state index contributed by atoms with van der Waals surface area (Å²) in [5.41, 5.74) is 2.01. The van der Waals surface area contributed by atoms with E-state index in [1.807, 2.05) is 18.2 Å². The Balaban J connectivity index is 1.78. The molecule has 1 heterocycles. The predicted octanol–water partition coefficient (Wildman–Crippen LogP) is 1.44. The van der Waals surface area contributed by atoms with E-state index in [1.165, 1.54) is 5.56 Å². The Labute approximate surface area is 101 Å². The minimum atomic E-state index is -0.0857. The van der Waals surface area contributed by atoms with E-state index >= 15 is 0 Å². The first-order chi connectivity index (χ1) is 8.40. The highest BCUT2D eigenvalue weighted by atomic mass is 16.5. The molecule has 1 aliphatic heterocycles. The summed E-state index contributed by atoms with van der Waals surface area (Å²) in [4.78, 5) is 0. The lowest BCUT2D eigenvalue weighted by atomic mass is 10.1. The summed E-state index contributed by atoms with van der Waals surface area (Å²) in [6, 6.07) is 10.2. The Kier molecular flexibility index (Phi) is 4.53. The van der Waals surface area contributed by atoms with Crippen molar-refractivity contribution in [3.63, 3.8) is 0 Å². The van der Waals surface area contributed by atoms with Gasteiger partial charge in [0.2, 0.25) is 0 Å². The fraction of sp³-hybridized carbons (Fsp3) is 0.462. The Morgan fingerprint density at radius 3 is 2.94 bits per heavy atom. The van der Waals surface area contributed by atoms with E-state index in [0.717, 1.165) is 31.6 Å². The van der Waals surface area contributed by atoms with E-state index < -0.39 is 0 Å². The van der Waals surface area contributed by atoms with Crippen molar-refractivity contribution in [3.05, 3.63) is 35.9 Å². The van der Waals surface area contributed by atoms with Crippen LogP contribution in [-0.4, -0.2) is 36.7 Å². The fourth-order valence-corrected chi connectivity index (χ4v) is 1.96. The second-order valence-electron chi connectivity index (χ2n) is 4.14. The summed E-state index contributed by atoms with van der Waals surface area (Å²) in [5, 5.41) is 15.4. The van der Waals surface area contributed by atoms with Gasteiger partial charge >= 0.3 is 0 Å². The van der Waals surface area contributed by atoms with Gasteiger partial charge in [-0.1, -0.05) is 35.5 Å². The molecule has 1 aromatic carbocycles. The maximum Gasteiger partial charge on any atom is 0.111 e. The summed E-state index contributed by atoms with van der Waals surface area (Å²) in [6.45, 7) is 2.24. The van der Waals surface area contributed by atoms with Crippen molar-refractivity contribution >= 4 is 5.71 Å². The minimum absolute atomic E-state index is 0.0857. The second kappa shape index (κ2) is 6.37. The first kappa shape index (κ1) is 12.1. The van der Waals surface area contributed by atoms with Crippen molar-refractivity contribution in [1.29, 1.82) is 0 Å². The van der Waals surface area contributed by atoms with Crippen LogP contribution in [0.2, 0.25) is 0 Å². The van der Waals surface area contributed by atoms with Crippen LogP contribution in [0.4, 0.5) is 0 Å². The monoisotopic (exact) mass is 234 g/mol. The molecule has 1 unspecified atom stereocenters. The Hall–Kier alpha value is -1.39. The highest BCUT2D eigenvalue weighted by Crippen LogP contribution is 2.06. The van der Waals surface area contributed by atoms with Gasteiger partial charge in [0.15, 0.2) is 0 Å². The Bertz CT molecular complexity index is 365. The van der Waals surface area contributed by atoms with Crippen molar-refractivity contribution < 1.29 is 9.94 Å². The van der Waals surface area contributed by atoms with Crippen molar-refractivity contribution in [2.75, 3.05) is 19.7 Å². The van der Waals surface area contributed by atoms with Crippen LogP contribution >= 0.6 is 0 Å². The molecule has 4 nitrogen and oxygen atoms in total. The molecule has 92 valence electrons. The molecule has 1 fully saturated rings. The van der Waals surface area contributed by atoms with Crippen LogP contribution in [0.15, 0.2) is 35.5 Å². The highest BCUT2D eigenvalue weighted by molar-refractivity contribution is 5.89. The summed E-state index contributed by atoms with van der Waals surface area (Å²) >= 11 is 0. The molecule has 2 rings (SSSR count). The number of hydrogen-bond donors (Lipinski definition) is 2. The van der Waals surface area contributed by atoms with Gasteiger partial charge in [0.05, 0.1) is 12.3 Å². The summed E-state index contributed by atoms with van der Waals surface area (Å²) in [6.07, 6.45) is 1.56. The standard InChI is InChI=1S/C13H18N2O2/c16-15-12-6-8-14-10-13(12)17-9-7-11-4-2-1-3-5-11/h1-5,13-14,16H,6-10H2. The van der Waals surface area contributed by atoms with Crippen LogP contribution < -0.4 is 5.32 Å². The van der Waals surface area contributed by atoms with E-state index in [1.54, 1.807) is 0 Å². The molecule has 0 aliphatic carbocycles. The van der Waals surface area contributed by atoms with Crippen molar-refractivity contribution in [1.82, 2.24) is 5.32 Å². The quantitative estimate of drug-likeness (QED) is 0.612. The molecule has 1 aliphatic rings. The molecule has 1 saturated heterocycles. The van der Waals surface area contributed by atoms with E-state index in [2.05, 4.69) is 22.6 Å². The van der Waals surface area contributed by atoms with E-state index in [4.69, 9.17) is 9.94 Å². The van der Waals surface area contributed by atoms with Gasteiger partial charge in [-0.3, -0.25) is 0 Å². The fourth-order valence-electron chi connectivity index (χ4n) is 1.96. The van der Waals surface area contributed by atoms with Crippen LogP contribution in [0.3, 0.4) is 0 Å². The van der Waals surface area contributed by atoms with E-state index in [0.29, 0.717) is 6.61 Å². The number of hydrogen-bond acceptors (Lipinski definition) is 4. The number of piperidine rings is 1. The number of oxime groups is 1. The molecule has 0 saturated carbocycles. The van der Waals surface area contributed by atoms with Crippen LogP contribution in [0, 0.1) is 0 Å². The van der Waals surface area contributed by atoms with Crippen molar-refractivity contribution in [2.45, 2.75) is 18.9 Å². The topological polar surface area (TPSA) is 53.9 Å². The minimum Gasteiger partial charge on any atom is -0.411 e. The molecular formula is C13H18N2O2. The second-order valence-corrected chi connectivity index (χ2v) is 4.14. The summed E-state index contributed by atoms with van der Waals surface area (Å²) < 4.78 is 5.74. The molecule has 4 heteroatoms. The molecule has 0 spiro atoms. The first-order valence-electron chi connectivity index (χ1n) is 5.97. The third-order valence-corrected chi connectivity index (χ3v) is 2.94. The zero-order valence-corrected chi connectivity index (χ0v) is 9.80. The van der Waals surface area contributed by atoms with Gasteiger partial charge in [-0.2, -0.15) is 0 Å². The van der Waals surface area contributed by atoms with Crippen molar-refractivity contribution in [3.8, 4) is 0 Å². The maximum absolute atomic E-state index is 8.86. The number of nitrogens with one attached hydrogen (secondary N) is 1. The number of rotatable bonds is 4. The van der Waals surface area contributed by atoms with Gasteiger partial charge in [-0.25, -0.2) is 0 Å². The maximum atomic E-state index is 8.86. The van der Waals surface area contributed by atoms with Gasteiger partial charge in [0.1, 0.15) is 6.10 Å². The molecule has 2 N–H and O–H groups in total. The largest absolute Gasteiger partial charge is 0.411 e. The first-order valence-corrected chi connectivity index (χ1v) is 5.97. The zero-order valence-electron chi connectivity index (χ0n) is 9.80. The number of nitrogens with zero attached hydrogens (tertiary/aromatic N) is 1. The van der Waals surface area contributed by atoms with Gasteiger partial charge in [-0.05, 0) is 12.0 Å². The zero-order chi connectivity index (χ0) is 11.9. The van der Waals surface area contributed by atoms with Crippen molar-refractivity contribution in [2.24, 2.45) is 5.16 Å². The van der Waals surface area contributed by atoms with Gasteiger partial charge in [0, 0.05) is 19.5 Å². The van der Waals surface area contributed by atoms with Gasteiger partial charge < -0.3 is 15.3 Å². The summed E-state index contributed by atoms with van der Waals surface area (Å²) in [7, 11) is 0. The van der Waals surface area contributed by atoms with Crippen LogP contribution in [0.1, 0.15) is 12.0 Å². The normalized spacial score (nSPS) is 22.8. The number of benzene rings is 1. The molecular weight excluding hydrogens is 216 g/mol. The molecule has 0 aromatic heterocycles.